The molecule has 5 heteroatoms. The van der Waals surface area contributed by atoms with Crippen LogP contribution in [-0.2, 0) is 10.5 Å². The third kappa shape index (κ3) is 2.01. The van der Waals surface area contributed by atoms with E-state index >= 15 is 0 Å². The first-order valence-electron chi connectivity index (χ1n) is 9.27. The first-order valence-corrected chi connectivity index (χ1v) is 9.27. The fraction of sp³-hybridized carbons (Fsp3) is 0.130. The van der Waals surface area contributed by atoms with E-state index in [-0.39, 0.29) is 11.8 Å². The Morgan fingerprint density at radius 1 is 0.857 bits per heavy atom. The number of hydrogen-bond donors (Lipinski definition) is 0. The van der Waals surface area contributed by atoms with Crippen molar-refractivity contribution in [2.75, 3.05) is 16.3 Å². The van der Waals surface area contributed by atoms with E-state index in [2.05, 4.69) is 0 Å². The van der Waals surface area contributed by atoms with Crippen LogP contribution in [0.5, 0.6) is 5.75 Å². The molecule has 2 heterocycles. The third-order valence-electron chi connectivity index (χ3n) is 5.32. The predicted octanol–water partition coefficient (Wildman–Crippen LogP) is 3.95. The number of nitrogens with zero attached hydrogens (tertiary/aromatic N) is 2. The molecule has 2 aliphatic heterocycles. The molecule has 5 nitrogen and oxygen atoms in total. The molecule has 0 aromatic heterocycles. The first-order chi connectivity index (χ1) is 13.7. The van der Waals surface area contributed by atoms with Gasteiger partial charge in [-0.25, -0.2) is 0 Å². The van der Waals surface area contributed by atoms with E-state index in [1.54, 1.807) is 29.2 Å². The molecular formula is C23H18N2O3. The molecule has 1 spiro atoms. The Morgan fingerprint density at radius 2 is 1.54 bits per heavy atom. The van der Waals surface area contributed by atoms with Crippen molar-refractivity contribution in [1.82, 2.24) is 0 Å². The number of rotatable bonds is 2. The summed E-state index contributed by atoms with van der Waals surface area (Å²) in [6.07, 6.45) is 0. The Kier molecular flexibility index (Phi) is 3.52. The van der Waals surface area contributed by atoms with Gasteiger partial charge in [0, 0.05) is 12.2 Å². The summed E-state index contributed by atoms with van der Waals surface area (Å²) in [5.74, 6) is -0.0992. The highest BCUT2D eigenvalue weighted by atomic mass is 16.5. The van der Waals surface area contributed by atoms with Crippen molar-refractivity contribution in [3.63, 3.8) is 0 Å². The zero-order chi connectivity index (χ0) is 19.3. The Balaban J connectivity index is 1.84. The number of para-hydroxylation sites is 3. The highest BCUT2D eigenvalue weighted by molar-refractivity contribution is 6.19. The van der Waals surface area contributed by atoms with Crippen LogP contribution >= 0.6 is 0 Å². The quantitative estimate of drug-likeness (QED) is 0.686. The maximum atomic E-state index is 13.7. The van der Waals surface area contributed by atoms with Gasteiger partial charge in [-0.15, -0.1) is 0 Å². The number of hydrogen-bond acceptors (Lipinski definition) is 3. The second kappa shape index (κ2) is 5.96. The van der Waals surface area contributed by atoms with E-state index in [1.807, 2.05) is 61.5 Å². The molecule has 28 heavy (non-hydrogen) atoms. The molecule has 1 unspecified atom stereocenters. The Labute approximate surface area is 162 Å². The molecule has 0 bridgehead atoms. The normalized spacial score (nSPS) is 20.2. The van der Waals surface area contributed by atoms with Gasteiger partial charge in [0.1, 0.15) is 5.75 Å². The number of ether oxygens (including phenoxy) is 1. The lowest BCUT2D eigenvalue weighted by Gasteiger charge is -2.43. The number of anilines is 2. The van der Waals surface area contributed by atoms with Crippen LogP contribution in [0.2, 0.25) is 0 Å². The number of likely N-dealkylation sites (N-methyl/N-ethyl adjacent to an activating group) is 1. The minimum absolute atomic E-state index is 0.255. The minimum atomic E-state index is -1.56. The van der Waals surface area contributed by atoms with E-state index in [1.165, 1.54) is 4.90 Å². The topological polar surface area (TPSA) is 49.9 Å². The minimum Gasteiger partial charge on any atom is -0.453 e. The van der Waals surface area contributed by atoms with Crippen molar-refractivity contribution in [2.24, 2.45) is 0 Å². The fourth-order valence-corrected chi connectivity index (χ4v) is 4.11. The SMILES string of the molecule is CCN1C(=O)C2(Oc3ccccc3C(=O)N2c2ccccc2)c2ccccc21. The zero-order valence-corrected chi connectivity index (χ0v) is 15.3. The third-order valence-corrected chi connectivity index (χ3v) is 5.32. The van der Waals surface area contributed by atoms with Crippen LogP contribution in [0, 0.1) is 0 Å². The van der Waals surface area contributed by atoms with Crippen molar-refractivity contribution >= 4 is 23.2 Å². The molecule has 3 aromatic carbocycles. The number of benzene rings is 3. The van der Waals surface area contributed by atoms with E-state index < -0.39 is 5.72 Å². The highest BCUT2D eigenvalue weighted by Crippen LogP contribution is 2.50. The van der Waals surface area contributed by atoms with Crippen LogP contribution < -0.4 is 14.5 Å². The number of carbonyl (C=O) groups is 2. The van der Waals surface area contributed by atoms with Crippen molar-refractivity contribution in [3.05, 3.63) is 90.0 Å². The largest absolute Gasteiger partial charge is 0.453 e. The maximum Gasteiger partial charge on any atom is 0.298 e. The van der Waals surface area contributed by atoms with Gasteiger partial charge in [0.2, 0.25) is 0 Å². The lowest BCUT2D eigenvalue weighted by Crippen LogP contribution is -2.61. The number of carbonyl (C=O) groups excluding carboxylic acids is 2. The van der Waals surface area contributed by atoms with Crippen LogP contribution in [0.15, 0.2) is 78.9 Å². The van der Waals surface area contributed by atoms with Crippen molar-refractivity contribution < 1.29 is 14.3 Å². The van der Waals surface area contributed by atoms with Gasteiger partial charge in [-0.3, -0.25) is 14.5 Å². The zero-order valence-electron chi connectivity index (χ0n) is 15.3. The van der Waals surface area contributed by atoms with Gasteiger partial charge in [0.25, 0.3) is 17.5 Å². The monoisotopic (exact) mass is 370 g/mol. The van der Waals surface area contributed by atoms with E-state index in [4.69, 9.17) is 4.74 Å². The fourth-order valence-electron chi connectivity index (χ4n) is 4.11. The molecule has 0 radical (unpaired) electrons. The van der Waals surface area contributed by atoms with Gasteiger partial charge in [-0.1, -0.05) is 48.5 Å². The summed E-state index contributed by atoms with van der Waals surface area (Å²) in [7, 11) is 0. The van der Waals surface area contributed by atoms with Crippen molar-refractivity contribution in [1.29, 1.82) is 0 Å². The standard InChI is InChI=1S/C23H18N2O3/c1-2-24-19-14-8-7-13-18(19)23(22(24)27)25(16-10-4-3-5-11-16)21(26)17-12-6-9-15-20(17)28-23/h3-15H,2H2,1H3. The second-order valence-corrected chi connectivity index (χ2v) is 6.78. The molecule has 3 aromatic rings. The van der Waals surface area contributed by atoms with Gasteiger partial charge in [-0.05, 0) is 37.3 Å². The second-order valence-electron chi connectivity index (χ2n) is 6.78. The Hall–Kier alpha value is -3.60. The van der Waals surface area contributed by atoms with Crippen LogP contribution in [0.1, 0.15) is 22.8 Å². The molecular weight excluding hydrogens is 352 g/mol. The molecule has 2 amide bonds. The molecule has 2 aliphatic rings. The van der Waals surface area contributed by atoms with E-state index in [0.717, 1.165) is 5.69 Å². The molecule has 0 fully saturated rings. The Bertz CT molecular complexity index is 1100. The molecule has 0 N–H and O–H groups in total. The van der Waals surface area contributed by atoms with Crippen molar-refractivity contribution in [3.8, 4) is 5.75 Å². The first kappa shape index (κ1) is 16.6. The van der Waals surface area contributed by atoms with Crippen molar-refractivity contribution in [2.45, 2.75) is 12.6 Å². The molecule has 5 rings (SSSR count). The lowest BCUT2D eigenvalue weighted by atomic mass is 9.96. The summed E-state index contributed by atoms with van der Waals surface area (Å²) in [4.78, 5) is 30.5. The van der Waals surface area contributed by atoms with Gasteiger partial charge in [0.05, 0.1) is 16.8 Å². The summed E-state index contributed by atoms with van der Waals surface area (Å²) in [5, 5.41) is 0. The van der Waals surface area contributed by atoms with Crippen LogP contribution in [0.4, 0.5) is 11.4 Å². The maximum absolute atomic E-state index is 13.7. The molecule has 138 valence electrons. The summed E-state index contributed by atoms with van der Waals surface area (Å²) in [5.41, 5.74) is 0.941. The van der Waals surface area contributed by atoms with Gasteiger partial charge in [-0.2, -0.15) is 0 Å². The molecule has 0 saturated carbocycles. The van der Waals surface area contributed by atoms with Gasteiger partial charge in [0.15, 0.2) is 0 Å². The van der Waals surface area contributed by atoms with Crippen LogP contribution in [0.3, 0.4) is 0 Å². The van der Waals surface area contributed by atoms with Gasteiger partial charge >= 0.3 is 0 Å². The summed E-state index contributed by atoms with van der Waals surface area (Å²) < 4.78 is 6.40. The molecule has 0 aliphatic carbocycles. The average Bonchev–Trinajstić information content (AvgIpc) is 2.97. The Morgan fingerprint density at radius 3 is 2.32 bits per heavy atom. The van der Waals surface area contributed by atoms with Crippen LogP contribution in [-0.4, -0.2) is 18.4 Å². The molecule has 0 saturated heterocycles. The van der Waals surface area contributed by atoms with Gasteiger partial charge < -0.3 is 9.64 Å². The summed E-state index contributed by atoms with van der Waals surface area (Å²) >= 11 is 0. The smallest absolute Gasteiger partial charge is 0.298 e. The van der Waals surface area contributed by atoms with Crippen LogP contribution in [0.25, 0.3) is 0 Å². The lowest BCUT2D eigenvalue weighted by molar-refractivity contribution is -0.133. The van der Waals surface area contributed by atoms with E-state index in [9.17, 15) is 9.59 Å². The number of amides is 2. The summed E-state index contributed by atoms with van der Waals surface area (Å²) in [6, 6.07) is 23.8. The molecule has 1 atom stereocenters. The van der Waals surface area contributed by atoms with E-state index in [0.29, 0.717) is 29.1 Å². The average molecular weight is 370 g/mol. The summed E-state index contributed by atoms with van der Waals surface area (Å²) in [6.45, 7) is 2.40. The number of fused-ring (bicyclic) bond motifs is 3. The predicted molar refractivity (Wildman–Crippen MR) is 106 cm³/mol. The highest BCUT2D eigenvalue weighted by Gasteiger charge is 2.61.